The normalized spacial score (nSPS) is 49.2. The molecule has 0 radical (unpaired) electrons. The summed E-state index contributed by atoms with van der Waals surface area (Å²) in [5, 5.41) is 18.1. The average molecular weight is 147 g/mol. The molecule has 4 N–H and O–H groups in total. The van der Waals surface area contributed by atoms with Gasteiger partial charge in [-0.15, -0.1) is 0 Å². The topological polar surface area (TPSA) is 75.7 Å². The van der Waals surface area contributed by atoms with Gasteiger partial charge in [0.15, 0.2) is 6.29 Å². The second-order valence-electron chi connectivity index (χ2n) is 2.68. The highest BCUT2D eigenvalue weighted by molar-refractivity contribution is 4.82. The van der Waals surface area contributed by atoms with Gasteiger partial charge in [-0.3, -0.25) is 0 Å². The predicted molar refractivity (Wildman–Crippen MR) is 35.2 cm³/mol. The maximum absolute atomic E-state index is 9.15. The molecule has 10 heavy (non-hydrogen) atoms. The van der Waals surface area contributed by atoms with Crippen LogP contribution >= 0.6 is 0 Å². The molecule has 0 bridgehead atoms. The lowest BCUT2D eigenvalue weighted by Gasteiger charge is -2.33. The Balaban J connectivity index is 2.49. The summed E-state index contributed by atoms with van der Waals surface area (Å²) < 4.78 is 4.94. The Hall–Kier alpha value is -0.160. The molecule has 1 fully saturated rings. The first-order valence-corrected chi connectivity index (χ1v) is 3.38. The van der Waals surface area contributed by atoms with E-state index in [1.54, 1.807) is 6.92 Å². The molecule has 1 aliphatic heterocycles. The van der Waals surface area contributed by atoms with Crippen LogP contribution in [-0.4, -0.2) is 34.8 Å². The molecule has 4 atom stereocenters. The van der Waals surface area contributed by atoms with Crippen LogP contribution < -0.4 is 5.73 Å². The monoisotopic (exact) mass is 147 g/mol. The maximum atomic E-state index is 9.15. The molecular formula is C6H13NO3. The lowest BCUT2D eigenvalue weighted by atomic mass is 10.0. The van der Waals surface area contributed by atoms with E-state index in [4.69, 9.17) is 20.7 Å². The molecule has 60 valence electrons. The van der Waals surface area contributed by atoms with Crippen LogP contribution in [0.2, 0.25) is 0 Å². The highest BCUT2D eigenvalue weighted by Gasteiger charge is 2.31. The summed E-state index contributed by atoms with van der Waals surface area (Å²) in [5.41, 5.74) is 5.50. The smallest absolute Gasteiger partial charge is 0.157 e. The third-order valence-corrected chi connectivity index (χ3v) is 1.80. The summed E-state index contributed by atoms with van der Waals surface area (Å²) in [6.45, 7) is 1.73. The summed E-state index contributed by atoms with van der Waals surface area (Å²) in [7, 11) is 0. The van der Waals surface area contributed by atoms with Gasteiger partial charge < -0.3 is 20.7 Å². The zero-order chi connectivity index (χ0) is 7.72. The average Bonchev–Trinajstić information content (AvgIpc) is 1.82. The van der Waals surface area contributed by atoms with Crippen molar-refractivity contribution in [3.05, 3.63) is 0 Å². The molecule has 0 spiro atoms. The minimum absolute atomic E-state index is 0.214. The van der Waals surface area contributed by atoms with Gasteiger partial charge in [0.2, 0.25) is 0 Å². The molecule has 1 unspecified atom stereocenters. The predicted octanol–water partition coefficient (Wildman–Crippen LogP) is -1.20. The molecule has 0 aliphatic carbocycles. The van der Waals surface area contributed by atoms with Crippen molar-refractivity contribution >= 4 is 0 Å². The summed E-state index contributed by atoms with van der Waals surface area (Å²) in [6.07, 6.45) is -1.55. The van der Waals surface area contributed by atoms with E-state index >= 15 is 0 Å². The van der Waals surface area contributed by atoms with Gasteiger partial charge in [-0.25, -0.2) is 0 Å². The van der Waals surface area contributed by atoms with Gasteiger partial charge in [-0.2, -0.15) is 0 Å². The van der Waals surface area contributed by atoms with Gasteiger partial charge in [0.05, 0.1) is 18.2 Å². The van der Waals surface area contributed by atoms with Crippen molar-refractivity contribution in [3.8, 4) is 0 Å². The fraction of sp³-hybridized carbons (Fsp3) is 1.00. The Bertz CT molecular complexity index is 108. The van der Waals surface area contributed by atoms with Crippen molar-refractivity contribution in [1.29, 1.82) is 0 Å². The van der Waals surface area contributed by atoms with E-state index in [2.05, 4.69) is 0 Å². The Kier molecular flexibility index (Phi) is 2.25. The largest absolute Gasteiger partial charge is 0.391 e. The molecule has 1 aliphatic rings. The minimum Gasteiger partial charge on any atom is -0.391 e. The molecule has 0 aromatic heterocycles. The van der Waals surface area contributed by atoms with E-state index < -0.39 is 12.4 Å². The van der Waals surface area contributed by atoms with Crippen LogP contribution in [0.15, 0.2) is 0 Å². The molecule has 0 saturated carbocycles. The van der Waals surface area contributed by atoms with Gasteiger partial charge in [-0.05, 0) is 6.92 Å². The number of hydrogen-bond acceptors (Lipinski definition) is 4. The number of aliphatic hydroxyl groups excluding tert-OH is 2. The Morgan fingerprint density at radius 3 is 2.60 bits per heavy atom. The van der Waals surface area contributed by atoms with Crippen LogP contribution in [0.1, 0.15) is 13.3 Å². The molecule has 0 amide bonds. The summed E-state index contributed by atoms with van der Waals surface area (Å²) in [4.78, 5) is 0. The van der Waals surface area contributed by atoms with E-state index in [0.717, 1.165) is 0 Å². The van der Waals surface area contributed by atoms with Crippen LogP contribution in [0.4, 0.5) is 0 Å². The standard InChI is InChI=1S/C6H13NO3/c1-3-6(7)4(8)2-5(9)10-3/h3-6,8-9H,2,7H2,1H3/t3-,4+,5?,6+/m1/s1. The Morgan fingerprint density at radius 2 is 2.10 bits per heavy atom. The first-order valence-electron chi connectivity index (χ1n) is 3.38. The second-order valence-corrected chi connectivity index (χ2v) is 2.68. The molecule has 1 rings (SSSR count). The molecule has 4 heteroatoms. The Labute approximate surface area is 59.6 Å². The van der Waals surface area contributed by atoms with Crippen molar-refractivity contribution in [1.82, 2.24) is 0 Å². The number of ether oxygens (including phenoxy) is 1. The van der Waals surface area contributed by atoms with E-state index in [0.29, 0.717) is 0 Å². The van der Waals surface area contributed by atoms with E-state index in [9.17, 15) is 0 Å². The van der Waals surface area contributed by atoms with Gasteiger partial charge in [0.25, 0.3) is 0 Å². The molecule has 0 aromatic rings. The molecule has 0 aromatic carbocycles. The van der Waals surface area contributed by atoms with Crippen LogP contribution in [0.3, 0.4) is 0 Å². The fourth-order valence-electron chi connectivity index (χ4n) is 1.07. The van der Waals surface area contributed by atoms with Gasteiger partial charge in [-0.1, -0.05) is 0 Å². The van der Waals surface area contributed by atoms with E-state index in [1.807, 2.05) is 0 Å². The van der Waals surface area contributed by atoms with Crippen LogP contribution in [0.25, 0.3) is 0 Å². The highest BCUT2D eigenvalue weighted by atomic mass is 16.6. The molecular weight excluding hydrogens is 134 g/mol. The van der Waals surface area contributed by atoms with Crippen molar-refractivity contribution in [2.75, 3.05) is 0 Å². The number of hydrogen-bond donors (Lipinski definition) is 3. The number of aliphatic hydroxyl groups is 2. The van der Waals surface area contributed by atoms with Crippen molar-refractivity contribution in [2.24, 2.45) is 5.73 Å². The van der Waals surface area contributed by atoms with Crippen LogP contribution in [0, 0.1) is 0 Å². The second kappa shape index (κ2) is 2.84. The quantitative estimate of drug-likeness (QED) is 0.402. The third-order valence-electron chi connectivity index (χ3n) is 1.80. The zero-order valence-corrected chi connectivity index (χ0v) is 5.90. The third kappa shape index (κ3) is 1.46. The summed E-state index contributed by atoms with van der Waals surface area (Å²) in [6, 6.07) is -0.372. The Morgan fingerprint density at radius 1 is 1.50 bits per heavy atom. The SMILES string of the molecule is C[C@H]1OC(O)C[C@H](O)[C@H]1N. The first-order chi connectivity index (χ1) is 4.61. The molecule has 4 nitrogen and oxygen atoms in total. The molecule has 1 saturated heterocycles. The van der Waals surface area contributed by atoms with Crippen molar-refractivity contribution in [2.45, 2.75) is 37.9 Å². The number of rotatable bonds is 0. The lowest BCUT2D eigenvalue weighted by molar-refractivity contribution is -0.191. The number of nitrogens with two attached hydrogens (primary N) is 1. The maximum Gasteiger partial charge on any atom is 0.157 e. The first kappa shape index (κ1) is 7.94. The van der Waals surface area contributed by atoms with E-state index in [-0.39, 0.29) is 18.6 Å². The van der Waals surface area contributed by atoms with Gasteiger partial charge >= 0.3 is 0 Å². The van der Waals surface area contributed by atoms with Gasteiger partial charge in [0.1, 0.15) is 0 Å². The van der Waals surface area contributed by atoms with Crippen LogP contribution in [-0.2, 0) is 4.74 Å². The van der Waals surface area contributed by atoms with E-state index in [1.165, 1.54) is 0 Å². The van der Waals surface area contributed by atoms with Gasteiger partial charge in [0, 0.05) is 6.42 Å². The highest BCUT2D eigenvalue weighted by Crippen LogP contribution is 2.16. The van der Waals surface area contributed by atoms with Crippen molar-refractivity contribution < 1.29 is 14.9 Å². The van der Waals surface area contributed by atoms with Crippen molar-refractivity contribution in [3.63, 3.8) is 0 Å². The summed E-state index contributed by atoms with van der Waals surface area (Å²) >= 11 is 0. The summed E-state index contributed by atoms with van der Waals surface area (Å²) in [5.74, 6) is 0. The fourth-order valence-corrected chi connectivity index (χ4v) is 1.07. The molecule has 1 heterocycles. The zero-order valence-electron chi connectivity index (χ0n) is 5.90. The lowest BCUT2D eigenvalue weighted by Crippen LogP contribution is -2.51. The van der Waals surface area contributed by atoms with Crippen LogP contribution in [0.5, 0.6) is 0 Å². The minimum atomic E-state index is -0.857.